The van der Waals surface area contributed by atoms with Gasteiger partial charge in [0.15, 0.2) is 0 Å². The fourth-order valence-electron chi connectivity index (χ4n) is 2.72. The predicted octanol–water partition coefficient (Wildman–Crippen LogP) is 2.96. The Kier molecular flexibility index (Phi) is 6.06. The largest absolute Gasteiger partial charge is 0.511 e. The van der Waals surface area contributed by atoms with Crippen LogP contribution in [0.5, 0.6) is 0 Å². The minimum Gasteiger partial charge on any atom is -0.511 e. The number of Topliss-reactive ketones (excluding diaryl/α,β-unsaturated/α-hetero) is 1. The SMILES string of the molecule is CC(=O)CCC1(c2ccc([N+](=O)[O-])cc2)C=CC=C(O)C1N.Cl. The van der Waals surface area contributed by atoms with Crippen molar-refractivity contribution in [3.05, 3.63) is 63.9 Å². The first-order valence-corrected chi connectivity index (χ1v) is 6.95. The van der Waals surface area contributed by atoms with Crippen molar-refractivity contribution in [3.8, 4) is 0 Å². The number of rotatable bonds is 5. The number of nitro benzene ring substituents is 1. The van der Waals surface area contributed by atoms with E-state index in [2.05, 4.69) is 0 Å². The van der Waals surface area contributed by atoms with E-state index in [0.717, 1.165) is 5.56 Å². The van der Waals surface area contributed by atoms with Crippen LogP contribution in [0.3, 0.4) is 0 Å². The van der Waals surface area contributed by atoms with Gasteiger partial charge in [-0.25, -0.2) is 0 Å². The summed E-state index contributed by atoms with van der Waals surface area (Å²) in [6, 6.07) is 5.36. The van der Waals surface area contributed by atoms with Gasteiger partial charge in [-0.05, 0) is 25.0 Å². The van der Waals surface area contributed by atoms with Crippen LogP contribution in [-0.2, 0) is 10.2 Å². The number of carbonyl (C=O) groups is 1. The van der Waals surface area contributed by atoms with Crippen molar-refractivity contribution in [1.29, 1.82) is 0 Å². The van der Waals surface area contributed by atoms with E-state index in [1.165, 1.54) is 25.1 Å². The number of ketones is 1. The second kappa shape index (κ2) is 7.39. The molecule has 0 amide bonds. The molecular formula is C16H19ClN2O4. The summed E-state index contributed by atoms with van der Waals surface area (Å²) in [5.74, 6) is 0.0559. The molecule has 0 fully saturated rings. The molecule has 2 atom stereocenters. The second-order valence-electron chi connectivity index (χ2n) is 5.47. The zero-order valence-corrected chi connectivity index (χ0v) is 13.5. The van der Waals surface area contributed by atoms with Gasteiger partial charge in [0.2, 0.25) is 0 Å². The number of aliphatic hydroxyl groups excluding tert-OH is 1. The molecule has 23 heavy (non-hydrogen) atoms. The highest BCUT2D eigenvalue weighted by Gasteiger charge is 2.40. The molecule has 0 saturated heterocycles. The lowest BCUT2D eigenvalue weighted by atomic mass is 9.68. The number of non-ortho nitro benzene ring substituents is 1. The number of carbonyl (C=O) groups excluding carboxylic acids is 1. The van der Waals surface area contributed by atoms with Crippen molar-refractivity contribution in [2.24, 2.45) is 5.73 Å². The first kappa shape index (κ1) is 18.9. The van der Waals surface area contributed by atoms with Crippen molar-refractivity contribution in [2.75, 3.05) is 0 Å². The topological polar surface area (TPSA) is 106 Å². The number of nitrogens with two attached hydrogens (primary N) is 1. The molecule has 7 heteroatoms. The van der Waals surface area contributed by atoms with Gasteiger partial charge >= 0.3 is 0 Å². The summed E-state index contributed by atoms with van der Waals surface area (Å²) in [4.78, 5) is 21.7. The van der Waals surface area contributed by atoms with Gasteiger partial charge in [0.25, 0.3) is 5.69 Å². The zero-order valence-electron chi connectivity index (χ0n) is 12.6. The molecule has 124 valence electrons. The van der Waals surface area contributed by atoms with Crippen LogP contribution in [0.1, 0.15) is 25.3 Å². The van der Waals surface area contributed by atoms with Crippen LogP contribution in [0.4, 0.5) is 5.69 Å². The van der Waals surface area contributed by atoms with E-state index in [1.807, 2.05) is 6.08 Å². The predicted molar refractivity (Wildman–Crippen MR) is 89.8 cm³/mol. The van der Waals surface area contributed by atoms with E-state index in [4.69, 9.17) is 5.73 Å². The molecule has 1 aliphatic rings. The minimum atomic E-state index is -0.750. The molecule has 1 aliphatic carbocycles. The standard InChI is InChI=1S/C16H18N2O4.ClH/c1-11(19)8-10-16(9-2-3-14(20)15(16)17)12-4-6-13(7-5-12)18(21)22;/h2-7,9,15,20H,8,10,17H2,1H3;1H. The molecule has 0 radical (unpaired) electrons. The second-order valence-corrected chi connectivity index (χ2v) is 5.47. The molecule has 0 spiro atoms. The molecular weight excluding hydrogens is 320 g/mol. The summed E-state index contributed by atoms with van der Waals surface area (Å²) in [6.07, 6.45) is 5.79. The van der Waals surface area contributed by atoms with E-state index < -0.39 is 16.4 Å². The molecule has 3 N–H and O–H groups in total. The molecule has 0 bridgehead atoms. The first-order chi connectivity index (χ1) is 10.4. The molecule has 0 heterocycles. The van der Waals surface area contributed by atoms with Crippen LogP contribution in [0.15, 0.2) is 48.3 Å². The normalized spacial score (nSPS) is 22.9. The van der Waals surface area contributed by atoms with Crippen molar-refractivity contribution >= 4 is 23.9 Å². The number of aliphatic hydroxyl groups is 1. The van der Waals surface area contributed by atoms with Gasteiger partial charge < -0.3 is 15.6 Å². The lowest BCUT2D eigenvalue weighted by molar-refractivity contribution is -0.384. The Bertz CT molecular complexity index is 655. The third-order valence-electron chi connectivity index (χ3n) is 4.04. The van der Waals surface area contributed by atoms with Gasteiger partial charge in [0.1, 0.15) is 11.5 Å². The monoisotopic (exact) mass is 338 g/mol. The number of nitro groups is 1. The van der Waals surface area contributed by atoms with Crippen molar-refractivity contribution in [2.45, 2.75) is 31.2 Å². The molecule has 1 aromatic carbocycles. The maximum absolute atomic E-state index is 11.4. The third kappa shape index (κ3) is 3.78. The number of hydrogen-bond donors (Lipinski definition) is 2. The summed E-state index contributed by atoms with van der Waals surface area (Å²) in [5, 5.41) is 20.7. The van der Waals surface area contributed by atoms with Gasteiger partial charge in [-0.2, -0.15) is 0 Å². The average molecular weight is 339 g/mol. The highest BCUT2D eigenvalue weighted by molar-refractivity contribution is 5.85. The number of allylic oxidation sites excluding steroid dienone is 2. The van der Waals surface area contributed by atoms with E-state index in [-0.39, 0.29) is 29.6 Å². The number of halogens is 1. The lowest BCUT2D eigenvalue weighted by Crippen LogP contribution is -2.47. The Morgan fingerprint density at radius 2 is 2.00 bits per heavy atom. The van der Waals surface area contributed by atoms with Gasteiger partial charge in [-0.3, -0.25) is 10.1 Å². The van der Waals surface area contributed by atoms with E-state index >= 15 is 0 Å². The average Bonchev–Trinajstić information content (AvgIpc) is 2.49. The summed E-state index contributed by atoms with van der Waals surface area (Å²) >= 11 is 0. The van der Waals surface area contributed by atoms with Crippen molar-refractivity contribution < 1.29 is 14.8 Å². The smallest absolute Gasteiger partial charge is 0.269 e. The summed E-state index contributed by atoms with van der Waals surface area (Å²) in [7, 11) is 0. The van der Waals surface area contributed by atoms with Crippen LogP contribution in [0.25, 0.3) is 0 Å². The molecule has 0 aromatic heterocycles. The zero-order chi connectivity index (χ0) is 16.3. The van der Waals surface area contributed by atoms with Crippen LogP contribution in [0.2, 0.25) is 0 Å². The van der Waals surface area contributed by atoms with Gasteiger partial charge in [-0.1, -0.05) is 24.3 Å². The van der Waals surface area contributed by atoms with Crippen LogP contribution < -0.4 is 5.73 Å². The number of nitrogens with zero attached hydrogens (tertiary/aromatic N) is 1. The molecule has 0 aliphatic heterocycles. The number of benzene rings is 1. The van der Waals surface area contributed by atoms with Gasteiger partial charge in [0, 0.05) is 24.0 Å². The van der Waals surface area contributed by atoms with Crippen LogP contribution >= 0.6 is 12.4 Å². The molecule has 2 unspecified atom stereocenters. The quantitative estimate of drug-likeness (QED) is 0.634. The van der Waals surface area contributed by atoms with Crippen molar-refractivity contribution in [1.82, 2.24) is 0 Å². The maximum atomic E-state index is 11.4. The summed E-state index contributed by atoms with van der Waals surface area (Å²) in [5.41, 5.74) is 6.13. The van der Waals surface area contributed by atoms with E-state index in [9.17, 15) is 20.0 Å². The third-order valence-corrected chi connectivity index (χ3v) is 4.04. The minimum absolute atomic E-state index is 0. The molecule has 6 nitrogen and oxygen atoms in total. The molecule has 0 saturated carbocycles. The molecule has 1 aromatic rings. The highest BCUT2D eigenvalue weighted by Crippen LogP contribution is 2.39. The molecule has 2 rings (SSSR count). The fraction of sp³-hybridized carbons (Fsp3) is 0.312. The fourth-order valence-corrected chi connectivity index (χ4v) is 2.72. The van der Waals surface area contributed by atoms with Crippen LogP contribution in [0, 0.1) is 10.1 Å². The Hall–Kier alpha value is -2.18. The van der Waals surface area contributed by atoms with E-state index in [0.29, 0.717) is 12.8 Å². The van der Waals surface area contributed by atoms with Gasteiger partial charge in [-0.15, -0.1) is 12.4 Å². The Labute approximate surface area is 140 Å². The Morgan fingerprint density at radius 1 is 1.39 bits per heavy atom. The van der Waals surface area contributed by atoms with Crippen LogP contribution in [-0.4, -0.2) is 21.9 Å². The number of hydrogen-bond acceptors (Lipinski definition) is 5. The maximum Gasteiger partial charge on any atom is 0.269 e. The summed E-state index contributed by atoms with van der Waals surface area (Å²) in [6.45, 7) is 1.50. The highest BCUT2D eigenvalue weighted by atomic mass is 35.5. The van der Waals surface area contributed by atoms with Crippen molar-refractivity contribution in [3.63, 3.8) is 0 Å². The summed E-state index contributed by atoms with van der Waals surface area (Å²) < 4.78 is 0. The lowest BCUT2D eigenvalue weighted by Gasteiger charge is -2.38. The Balaban J connectivity index is 0.00000264. The Morgan fingerprint density at radius 3 is 2.52 bits per heavy atom. The van der Waals surface area contributed by atoms with Gasteiger partial charge in [0.05, 0.1) is 11.0 Å². The van der Waals surface area contributed by atoms with E-state index in [1.54, 1.807) is 18.2 Å². The first-order valence-electron chi connectivity index (χ1n) is 6.95.